The van der Waals surface area contributed by atoms with Gasteiger partial charge in [-0.2, -0.15) is 0 Å². The third-order valence-electron chi connectivity index (χ3n) is 5.19. The van der Waals surface area contributed by atoms with E-state index < -0.39 is 0 Å². The van der Waals surface area contributed by atoms with Crippen LogP contribution < -0.4 is 10.6 Å². The van der Waals surface area contributed by atoms with Gasteiger partial charge in [-0.25, -0.2) is 0 Å². The molecule has 1 aromatic carbocycles. The zero-order valence-corrected chi connectivity index (χ0v) is 16.3. The highest BCUT2D eigenvalue weighted by Crippen LogP contribution is 2.25. The van der Waals surface area contributed by atoms with Crippen molar-refractivity contribution in [2.24, 2.45) is 0 Å². The molecule has 1 fully saturated rings. The number of amides is 1. The van der Waals surface area contributed by atoms with Crippen molar-refractivity contribution in [1.82, 2.24) is 15.5 Å². The summed E-state index contributed by atoms with van der Waals surface area (Å²) in [5.74, 6) is 0.0473. The molecule has 0 aromatic heterocycles. The van der Waals surface area contributed by atoms with Gasteiger partial charge in [0.05, 0.1) is 5.92 Å². The Bertz CT molecular complexity index is 501. The molecule has 1 amide bonds. The number of piperidine rings is 1. The van der Waals surface area contributed by atoms with Crippen LogP contribution >= 0.6 is 0 Å². The van der Waals surface area contributed by atoms with Gasteiger partial charge in [-0.05, 0) is 52.6 Å². The molecule has 0 aliphatic carbocycles. The third-order valence-corrected chi connectivity index (χ3v) is 5.19. The summed E-state index contributed by atoms with van der Waals surface area (Å²) in [6, 6.07) is 11.4. The van der Waals surface area contributed by atoms with Gasteiger partial charge in [-0.15, -0.1) is 0 Å². The van der Waals surface area contributed by atoms with E-state index in [1.54, 1.807) is 0 Å². The molecule has 2 atom stereocenters. The van der Waals surface area contributed by atoms with Crippen molar-refractivity contribution < 1.29 is 4.79 Å². The summed E-state index contributed by atoms with van der Waals surface area (Å²) in [7, 11) is 0. The summed E-state index contributed by atoms with van der Waals surface area (Å²) in [5.41, 5.74) is 1.11. The first-order chi connectivity index (χ1) is 12.0. The summed E-state index contributed by atoms with van der Waals surface area (Å²) in [5, 5.41) is 6.76. The van der Waals surface area contributed by atoms with Crippen molar-refractivity contribution in [3.05, 3.63) is 35.9 Å². The van der Waals surface area contributed by atoms with E-state index in [2.05, 4.69) is 55.4 Å². The van der Waals surface area contributed by atoms with Crippen molar-refractivity contribution >= 4 is 5.91 Å². The molecule has 0 bridgehead atoms. The van der Waals surface area contributed by atoms with Crippen molar-refractivity contribution in [1.29, 1.82) is 0 Å². The topological polar surface area (TPSA) is 44.4 Å². The monoisotopic (exact) mass is 345 g/mol. The molecule has 4 heteroatoms. The van der Waals surface area contributed by atoms with Gasteiger partial charge >= 0.3 is 0 Å². The average Bonchev–Trinajstić information content (AvgIpc) is 2.60. The Balaban J connectivity index is 2.00. The Labute approximate surface area is 153 Å². The molecule has 1 heterocycles. The zero-order valence-electron chi connectivity index (χ0n) is 16.3. The fourth-order valence-corrected chi connectivity index (χ4v) is 3.92. The lowest BCUT2D eigenvalue weighted by atomic mass is 9.86. The fourth-order valence-electron chi connectivity index (χ4n) is 3.92. The number of hydrogen-bond donors (Lipinski definition) is 2. The Morgan fingerprint density at radius 2 is 1.84 bits per heavy atom. The van der Waals surface area contributed by atoms with Crippen LogP contribution in [0.3, 0.4) is 0 Å². The number of rotatable bonds is 8. The van der Waals surface area contributed by atoms with Crippen molar-refractivity contribution in [2.75, 3.05) is 19.6 Å². The molecule has 2 rings (SSSR count). The van der Waals surface area contributed by atoms with Crippen molar-refractivity contribution in [3.63, 3.8) is 0 Å². The predicted octanol–water partition coefficient (Wildman–Crippen LogP) is 3.15. The Morgan fingerprint density at radius 3 is 2.40 bits per heavy atom. The highest BCUT2D eigenvalue weighted by molar-refractivity contribution is 5.84. The second-order valence-electron chi connectivity index (χ2n) is 7.66. The second kappa shape index (κ2) is 9.93. The molecule has 0 radical (unpaired) electrons. The molecule has 1 aliphatic heterocycles. The molecule has 1 aromatic rings. The summed E-state index contributed by atoms with van der Waals surface area (Å²) in [6.07, 6.45) is 3.47. The second-order valence-corrected chi connectivity index (χ2v) is 7.66. The number of carbonyl (C=O) groups is 1. The highest BCUT2D eigenvalue weighted by Gasteiger charge is 2.30. The Kier molecular flexibility index (Phi) is 7.91. The fraction of sp³-hybridized carbons (Fsp3) is 0.667. The van der Waals surface area contributed by atoms with Crippen LogP contribution in [0.25, 0.3) is 0 Å². The molecule has 4 nitrogen and oxygen atoms in total. The summed E-state index contributed by atoms with van der Waals surface area (Å²) >= 11 is 0. The van der Waals surface area contributed by atoms with Crippen LogP contribution in [-0.2, 0) is 4.79 Å². The van der Waals surface area contributed by atoms with Gasteiger partial charge in [0.2, 0.25) is 5.91 Å². The van der Waals surface area contributed by atoms with Crippen molar-refractivity contribution in [2.45, 2.75) is 71.0 Å². The van der Waals surface area contributed by atoms with E-state index >= 15 is 0 Å². The van der Waals surface area contributed by atoms with Gasteiger partial charge < -0.3 is 10.6 Å². The van der Waals surface area contributed by atoms with E-state index in [-0.39, 0.29) is 17.9 Å². The van der Waals surface area contributed by atoms with Crippen LogP contribution in [0, 0.1) is 0 Å². The lowest BCUT2D eigenvalue weighted by molar-refractivity contribution is -0.123. The maximum atomic E-state index is 13.0. The predicted molar refractivity (Wildman–Crippen MR) is 105 cm³/mol. The quantitative estimate of drug-likeness (QED) is 0.761. The minimum Gasteiger partial charge on any atom is -0.354 e. The van der Waals surface area contributed by atoms with Crippen LogP contribution in [0.5, 0.6) is 0 Å². The molecule has 2 N–H and O–H groups in total. The first-order valence-corrected chi connectivity index (χ1v) is 9.82. The standard InChI is InChI=1S/C21H35N3O/c1-16(2)24(17(3)4)15-14-23-21(25)20(18-10-6-5-7-11-18)19-12-8-9-13-22-19/h5-7,10-11,16-17,19-20,22H,8-9,12-15H2,1-4H3,(H,23,25)/t19-,20?/m1/s1. The van der Waals surface area contributed by atoms with Crippen LogP contribution in [-0.4, -0.2) is 48.6 Å². The van der Waals surface area contributed by atoms with E-state index in [1.165, 1.54) is 12.8 Å². The smallest absolute Gasteiger partial charge is 0.229 e. The van der Waals surface area contributed by atoms with Gasteiger partial charge in [0.15, 0.2) is 0 Å². The number of nitrogens with zero attached hydrogens (tertiary/aromatic N) is 1. The molecule has 1 aliphatic rings. The average molecular weight is 346 g/mol. The molecule has 1 unspecified atom stereocenters. The lowest BCUT2D eigenvalue weighted by Crippen LogP contribution is -2.47. The van der Waals surface area contributed by atoms with Crippen LogP contribution in [0.2, 0.25) is 0 Å². The lowest BCUT2D eigenvalue weighted by Gasteiger charge is -2.32. The van der Waals surface area contributed by atoms with E-state index in [0.29, 0.717) is 18.6 Å². The molecule has 0 saturated carbocycles. The minimum absolute atomic E-state index is 0.104. The molecule has 0 spiro atoms. The van der Waals surface area contributed by atoms with E-state index in [1.807, 2.05) is 18.2 Å². The zero-order chi connectivity index (χ0) is 18.2. The van der Waals surface area contributed by atoms with Gasteiger partial charge in [0.25, 0.3) is 0 Å². The molecule has 25 heavy (non-hydrogen) atoms. The number of nitrogens with one attached hydrogen (secondary N) is 2. The number of carbonyl (C=O) groups excluding carboxylic acids is 1. The van der Waals surface area contributed by atoms with Crippen LogP contribution in [0.15, 0.2) is 30.3 Å². The van der Waals surface area contributed by atoms with Gasteiger partial charge in [0, 0.05) is 31.2 Å². The van der Waals surface area contributed by atoms with Crippen molar-refractivity contribution in [3.8, 4) is 0 Å². The van der Waals surface area contributed by atoms with Crippen LogP contribution in [0.1, 0.15) is 58.4 Å². The Hall–Kier alpha value is -1.39. The summed E-state index contributed by atoms with van der Waals surface area (Å²) in [4.78, 5) is 15.4. The van der Waals surface area contributed by atoms with E-state index in [9.17, 15) is 4.79 Å². The van der Waals surface area contributed by atoms with E-state index in [4.69, 9.17) is 0 Å². The largest absolute Gasteiger partial charge is 0.354 e. The summed E-state index contributed by atoms with van der Waals surface area (Å²) < 4.78 is 0. The van der Waals surface area contributed by atoms with E-state index in [0.717, 1.165) is 25.1 Å². The number of hydrogen-bond acceptors (Lipinski definition) is 3. The highest BCUT2D eigenvalue weighted by atomic mass is 16.1. The van der Waals surface area contributed by atoms with Crippen LogP contribution in [0.4, 0.5) is 0 Å². The first kappa shape index (κ1) is 19.9. The summed E-state index contributed by atoms with van der Waals surface area (Å²) in [6.45, 7) is 11.4. The first-order valence-electron chi connectivity index (χ1n) is 9.82. The maximum Gasteiger partial charge on any atom is 0.229 e. The molecular formula is C21H35N3O. The van der Waals surface area contributed by atoms with Gasteiger partial charge in [-0.3, -0.25) is 9.69 Å². The Morgan fingerprint density at radius 1 is 1.16 bits per heavy atom. The SMILES string of the molecule is CC(C)N(CCNC(=O)C(c1ccccc1)[C@H]1CCCCN1)C(C)C. The van der Waals surface area contributed by atoms with Gasteiger partial charge in [0.1, 0.15) is 0 Å². The molecule has 1 saturated heterocycles. The van der Waals surface area contributed by atoms with Gasteiger partial charge in [-0.1, -0.05) is 36.8 Å². The molecule has 140 valence electrons. The minimum atomic E-state index is -0.104. The molecular weight excluding hydrogens is 310 g/mol. The normalized spacial score (nSPS) is 19.4. The third kappa shape index (κ3) is 5.82. The number of benzene rings is 1. The maximum absolute atomic E-state index is 13.0.